The molecule has 5 heteroatoms. The molecule has 1 fully saturated rings. The van der Waals surface area contributed by atoms with Crippen LogP contribution in [0.5, 0.6) is 0 Å². The Morgan fingerprint density at radius 3 is 2.86 bits per heavy atom. The third-order valence-corrected chi connectivity index (χ3v) is 4.93. The van der Waals surface area contributed by atoms with Gasteiger partial charge in [-0.25, -0.2) is 9.97 Å². The standard InChI is InChI=1S/C16H23N3OS/c1-3-17-15-13-8-9-21-16(13)19-14(18-15)10-20-12-6-4-11(2)5-7-12/h8-9,11-12H,3-7,10H2,1-2H3,(H,17,18,19). The van der Waals surface area contributed by atoms with Crippen molar-refractivity contribution in [2.45, 2.75) is 52.2 Å². The third kappa shape index (κ3) is 3.52. The molecule has 2 heterocycles. The first-order valence-electron chi connectivity index (χ1n) is 7.86. The Kier molecular flexibility index (Phi) is 4.70. The fourth-order valence-corrected chi connectivity index (χ4v) is 3.64. The molecule has 114 valence electrons. The number of aromatic nitrogens is 2. The Hall–Kier alpha value is -1.20. The fraction of sp³-hybridized carbons (Fsp3) is 0.625. The zero-order valence-corrected chi connectivity index (χ0v) is 13.6. The van der Waals surface area contributed by atoms with Crippen molar-refractivity contribution in [3.8, 4) is 0 Å². The quantitative estimate of drug-likeness (QED) is 0.898. The summed E-state index contributed by atoms with van der Waals surface area (Å²) in [5.41, 5.74) is 0. The molecular formula is C16H23N3OS. The van der Waals surface area contributed by atoms with Crippen LogP contribution in [0, 0.1) is 5.92 Å². The summed E-state index contributed by atoms with van der Waals surface area (Å²) >= 11 is 1.66. The number of nitrogens with zero attached hydrogens (tertiary/aromatic N) is 2. The minimum absolute atomic E-state index is 0.381. The van der Waals surface area contributed by atoms with Gasteiger partial charge in [0.05, 0.1) is 11.5 Å². The van der Waals surface area contributed by atoms with Crippen molar-refractivity contribution < 1.29 is 4.74 Å². The van der Waals surface area contributed by atoms with E-state index in [0.717, 1.165) is 34.3 Å². The first-order valence-corrected chi connectivity index (χ1v) is 8.73. The molecule has 0 aliphatic heterocycles. The average Bonchev–Trinajstić information content (AvgIpc) is 2.96. The van der Waals surface area contributed by atoms with Gasteiger partial charge in [0, 0.05) is 6.54 Å². The van der Waals surface area contributed by atoms with E-state index in [2.05, 4.69) is 40.6 Å². The molecule has 0 bridgehead atoms. The van der Waals surface area contributed by atoms with E-state index in [1.54, 1.807) is 11.3 Å². The highest BCUT2D eigenvalue weighted by Crippen LogP contribution is 2.27. The highest BCUT2D eigenvalue weighted by Gasteiger charge is 2.19. The van der Waals surface area contributed by atoms with Gasteiger partial charge in [0.2, 0.25) is 0 Å². The lowest BCUT2D eigenvalue weighted by Crippen LogP contribution is -2.20. The van der Waals surface area contributed by atoms with Crippen LogP contribution in [0.4, 0.5) is 5.82 Å². The maximum Gasteiger partial charge on any atom is 0.158 e. The van der Waals surface area contributed by atoms with Crippen molar-refractivity contribution in [1.82, 2.24) is 9.97 Å². The maximum absolute atomic E-state index is 6.03. The molecule has 0 spiro atoms. The number of hydrogen-bond acceptors (Lipinski definition) is 5. The van der Waals surface area contributed by atoms with E-state index in [-0.39, 0.29) is 0 Å². The lowest BCUT2D eigenvalue weighted by molar-refractivity contribution is 0.00583. The molecule has 1 saturated carbocycles. The van der Waals surface area contributed by atoms with Gasteiger partial charge in [0.15, 0.2) is 5.82 Å². The van der Waals surface area contributed by atoms with Crippen LogP contribution in [0.3, 0.4) is 0 Å². The Balaban J connectivity index is 1.68. The number of fused-ring (bicyclic) bond motifs is 1. The molecular weight excluding hydrogens is 282 g/mol. The second-order valence-corrected chi connectivity index (χ2v) is 6.75. The number of thiophene rings is 1. The summed E-state index contributed by atoms with van der Waals surface area (Å²) < 4.78 is 6.03. The molecule has 3 rings (SSSR count). The summed E-state index contributed by atoms with van der Waals surface area (Å²) in [4.78, 5) is 10.3. The minimum atomic E-state index is 0.381. The van der Waals surface area contributed by atoms with Crippen molar-refractivity contribution >= 4 is 27.4 Å². The first-order chi connectivity index (χ1) is 10.3. The zero-order chi connectivity index (χ0) is 14.7. The van der Waals surface area contributed by atoms with Crippen LogP contribution in [-0.4, -0.2) is 22.6 Å². The van der Waals surface area contributed by atoms with Gasteiger partial charge in [-0.15, -0.1) is 11.3 Å². The molecule has 0 saturated heterocycles. The molecule has 2 aromatic heterocycles. The van der Waals surface area contributed by atoms with Gasteiger partial charge in [0.25, 0.3) is 0 Å². The topological polar surface area (TPSA) is 47.0 Å². The molecule has 0 unspecified atom stereocenters. The summed E-state index contributed by atoms with van der Waals surface area (Å²) in [6.45, 7) is 5.79. The molecule has 21 heavy (non-hydrogen) atoms. The molecule has 0 amide bonds. The van der Waals surface area contributed by atoms with Crippen LogP contribution in [-0.2, 0) is 11.3 Å². The van der Waals surface area contributed by atoms with Gasteiger partial charge in [-0.05, 0) is 50.0 Å². The second-order valence-electron chi connectivity index (χ2n) is 5.85. The Morgan fingerprint density at radius 2 is 2.10 bits per heavy atom. The summed E-state index contributed by atoms with van der Waals surface area (Å²) in [7, 11) is 0. The monoisotopic (exact) mass is 305 g/mol. The van der Waals surface area contributed by atoms with E-state index >= 15 is 0 Å². The van der Waals surface area contributed by atoms with Crippen LogP contribution >= 0.6 is 11.3 Å². The van der Waals surface area contributed by atoms with Gasteiger partial charge in [-0.1, -0.05) is 6.92 Å². The van der Waals surface area contributed by atoms with Crippen molar-refractivity contribution in [3.63, 3.8) is 0 Å². The highest BCUT2D eigenvalue weighted by atomic mass is 32.1. The molecule has 0 radical (unpaired) electrons. The molecule has 0 atom stereocenters. The van der Waals surface area contributed by atoms with Crippen molar-refractivity contribution in [1.29, 1.82) is 0 Å². The number of ether oxygens (including phenoxy) is 1. The van der Waals surface area contributed by atoms with E-state index in [9.17, 15) is 0 Å². The predicted molar refractivity (Wildman–Crippen MR) is 87.8 cm³/mol. The first kappa shape index (κ1) is 14.7. The Morgan fingerprint density at radius 1 is 1.29 bits per heavy atom. The van der Waals surface area contributed by atoms with Gasteiger partial charge >= 0.3 is 0 Å². The number of hydrogen-bond donors (Lipinski definition) is 1. The normalized spacial score (nSPS) is 22.6. The minimum Gasteiger partial charge on any atom is -0.370 e. The van der Waals surface area contributed by atoms with E-state index in [0.29, 0.717) is 12.7 Å². The smallest absolute Gasteiger partial charge is 0.158 e. The van der Waals surface area contributed by atoms with Crippen LogP contribution in [0.15, 0.2) is 11.4 Å². The second kappa shape index (κ2) is 6.71. The lowest BCUT2D eigenvalue weighted by atomic mass is 9.89. The van der Waals surface area contributed by atoms with Crippen LogP contribution in [0.1, 0.15) is 45.4 Å². The number of anilines is 1. The van der Waals surface area contributed by atoms with Crippen molar-refractivity contribution in [2.75, 3.05) is 11.9 Å². The molecule has 1 N–H and O–H groups in total. The third-order valence-electron chi connectivity index (χ3n) is 4.13. The van der Waals surface area contributed by atoms with E-state index in [4.69, 9.17) is 4.74 Å². The molecule has 4 nitrogen and oxygen atoms in total. The predicted octanol–water partition coefficient (Wildman–Crippen LogP) is 4.22. The van der Waals surface area contributed by atoms with Gasteiger partial charge in [-0.3, -0.25) is 0 Å². The zero-order valence-electron chi connectivity index (χ0n) is 12.8. The summed E-state index contributed by atoms with van der Waals surface area (Å²) in [5.74, 6) is 2.57. The number of nitrogens with one attached hydrogen (secondary N) is 1. The summed E-state index contributed by atoms with van der Waals surface area (Å²) in [6.07, 6.45) is 5.27. The highest BCUT2D eigenvalue weighted by molar-refractivity contribution is 7.16. The van der Waals surface area contributed by atoms with E-state index in [1.807, 2.05) is 0 Å². The molecule has 0 aromatic carbocycles. The summed E-state index contributed by atoms with van der Waals surface area (Å²) in [6, 6.07) is 2.07. The van der Waals surface area contributed by atoms with Crippen LogP contribution < -0.4 is 5.32 Å². The molecule has 1 aliphatic rings. The van der Waals surface area contributed by atoms with Crippen molar-refractivity contribution in [3.05, 3.63) is 17.3 Å². The average molecular weight is 305 g/mol. The number of rotatable bonds is 5. The molecule has 2 aromatic rings. The Bertz CT molecular complexity index is 590. The van der Waals surface area contributed by atoms with Gasteiger partial charge < -0.3 is 10.1 Å². The van der Waals surface area contributed by atoms with Gasteiger partial charge in [0.1, 0.15) is 17.3 Å². The van der Waals surface area contributed by atoms with E-state index in [1.165, 1.54) is 25.7 Å². The maximum atomic E-state index is 6.03. The van der Waals surface area contributed by atoms with Crippen LogP contribution in [0.2, 0.25) is 0 Å². The SMILES string of the molecule is CCNc1nc(COC2CCC(C)CC2)nc2sccc12. The molecule has 1 aliphatic carbocycles. The van der Waals surface area contributed by atoms with Gasteiger partial charge in [-0.2, -0.15) is 0 Å². The van der Waals surface area contributed by atoms with Crippen LogP contribution in [0.25, 0.3) is 10.2 Å². The van der Waals surface area contributed by atoms with E-state index < -0.39 is 0 Å². The Labute approximate surface area is 129 Å². The lowest BCUT2D eigenvalue weighted by Gasteiger charge is -2.26. The largest absolute Gasteiger partial charge is 0.370 e. The fourth-order valence-electron chi connectivity index (χ4n) is 2.85. The summed E-state index contributed by atoms with van der Waals surface area (Å²) in [5, 5.41) is 6.49. The van der Waals surface area contributed by atoms with Crippen molar-refractivity contribution in [2.24, 2.45) is 5.92 Å².